The molecule has 1 aliphatic rings. The van der Waals surface area contributed by atoms with E-state index in [9.17, 15) is 0 Å². The van der Waals surface area contributed by atoms with Gasteiger partial charge in [0, 0.05) is 23.8 Å². The molecular weight excluding hydrogens is 232 g/mol. The van der Waals surface area contributed by atoms with Crippen molar-refractivity contribution in [3.05, 3.63) is 11.9 Å². The zero-order valence-electron chi connectivity index (χ0n) is 10.4. The molecular formula is C12H20N4S. The molecule has 0 aromatic carbocycles. The van der Waals surface area contributed by atoms with E-state index >= 15 is 0 Å². The zero-order chi connectivity index (χ0) is 12.3. The predicted molar refractivity (Wildman–Crippen MR) is 74.5 cm³/mol. The molecule has 1 unspecified atom stereocenters. The minimum atomic E-state index is 0.305. The molecule has 1 atom stereocenters. The van der Waals surface area contributed by atoms with Crippen LogP contribution in [-0.2, 0) is 0 Å². The number of aromatic nitrogens is 2. The molecule has 1 saturated heterocycles. The summed E-state index contributed by atoms with van der Waals surface area (Å²) in [6, 6.07) is 2.34. The lowest BCUT2D eigenvalue weighted by molar-refractivity contribution is 0.679. The van der Waals surface area contributed by atoms with Crippen molar-refractivity contribution in [2.75, 3.05) is 22.6 Å². The number of nitrogens with zero attached hydrogens (tertiary/aromatic N) is 2. The summed E-state index contributed by atoms with van der Waals surface area (Å²) in [6.45, 7) is 4.16. The van der Waals surface area contributed by atoms with Gasteiger partial charge in [0.1, 0.15) is 17.5 Å². The SMILES string of the molecule is CC(C)c1nc(N)cc(NC2CCCSC2)n1. The Bertz CT molecular complexity index is 375. The predicted octanol–water partition coefficient (Wildman–Crippen LogP) is 2.49. The van der Waals surface area contributed by atoms with Crippen molar-refractivity contribution in [2.24, 2.45) is 0 Å². The Morgan fingerprint density at radius 2 is 2.29 bits per heavy atom. The van der Waals surface area contributed by atoms with Crippen LogP contribution in [-0.4, -0.2) is 27.5 Å². The Balaban J connectivity index is 2.09. The molecule has 4 nitrogen and oxygen atoms in total. The first kappa shape index (κ1) is 12.5. The molecule has 3 N–H and O–H groups in total. The van der Waals surface area contributed by atoms with Crippen LogP contribution in [0.15, 0.2) is 6.07 Å². The third-order valence-corrected chi connectivity index (χ3v) is 4.01. The third-order valence-electron chi connectivity index (χ3n) is 2.79. The van der Waals surface area contributed by atoms with Crippen LogP contribution in [0.3, 0.4) is 0 Å². The first-order chi connectivity index (χ1) is 8.15. The largest absolute Gasteiger partial charge is 0.384 e. The van der Waals surface area contributed by atoms with E-state index in [1.165, 1.54) is 18.6 Å². The van der Waals surface area contributed by atoms with Gasteiger partial charge >= 0.3 is 0 Å². The van der Waals surface area contributed by atoms with Gasteiger partial charge in [-0.05, 0) is 18.6 Å². The van der Waals surface area contributed by atoms with Crippen LogP contribution >= 0.6 is 11.8 Å². The summed E-state index contributed by atoms with van der Waals surface area (Å²) in [5.74, 6) is 4.97. The van der Waals surface area contributed by atoms with Crippen LogP contribution in [0.4, 0.5) is 11.6 Å². The maximum Gasteiger partial charge on any atom is 0.135 e. The highest BCUT2D eigenvalue weighted by molar-refractivity contribution is 7.99. The number of rotatable bonds is 3. The molecule has 1 fully saturated rings. The van der Waals surface area contributed by atoms with Crippen LogP contribution in [0.2, 0.25) is 0 Å². The van der Waals surface area contributed by atoms with Crippen LogP contribution < -0.4 is 11.1 Å². The van der Waals surface area contributed by atoms with Gasteiger partial charge in [0.25, 0.3) is 0 Å². The number of anilines is 2. The molecule has 17 heavy (non-hydrogen) atoms. The van der Waals surface area contributed by atoms with Crippen molar-refractivity contribution < 1.29 is 0 Å². The van der Waals surface area contributed by atoms with Gasteiger partial charge in [0.05, 0.1) is 0 Å². The summed E-state index contributed by atoms with van der Waals surface area (Å²) in [5.41, 5.74) is 5.81. The Morgan fingerprint density at radius 3 is 2.94 bits per heavy atom. The van der Waals surface area contributed by atoms with E-state index in [0.717, 1.165) is 17.4 Å². The maximum absolute atomic E-state index is 5.81. The van der Waals surface area contributed by atoms with Crippen molar-refractivity contribution >= 4 is 23.4 Å². The van der Waals surface area contributed by atoms with Gasteiger partial charge < -0.3 is 11.1 Å². The highest BCUT2D eigenvalue weighted by Gasteiger charge is 2.15. The van der Waals surface area contributed by atoms with Crippen LogP contribution in [0.1, 0.15) is 38.4 Å². The van der Waals surface area contributed by atoms with Gasteiger partial charge in [-0.15, -0.1) is 0 Å². The average Bonchev–Trinajstić information content (AvgIpc) is 2.29. The fourth-order valence-electron chi connectivity index (χ4n) is 1.88. The molecule has 1 aromatic rings. The summed E-state index contributed by atoms with van der Waals surface area (Å²) in [6.07, 6.45) is 2.49. The Kier molecular flexibility index (Phi) is 4.10. The van der Waals surface area contributed by atoms with E-state index in [4.69, 9.17) is 5.73 Å². The third kappa shape index (κ3) is 3.49. The zero-order valence-corrected chi connectivity index (χ0v) is 11.3. The first-order valence-corrected chi connectivity index (χ1v) is 7.29. The lowest BCUT2D eigenvalue weighted by Crippen LogP contribution is -2.26. The molecule has 0 amide bonds. The minimum Gasteiger partial charge on any atom is -0.384 e. The van der Waals surface area contributed by atoms with E-state index in [-0.39, 0.29) is 0 Å². The fraction of sp³-hybridized carbons (Fsp3) is 0.667. The summed E-state index contributed by atoms with van der Waals surface area (Å²) in [5, 5.41) is 3.46. The lowest BCUT2D eigenvalue weighted by Gasteiger charge is -2.23. The molecule has 5 heteroatoms. The second-order valence-corrected chi connectivity index (χ2v) is 5.90. The van der Waals surface area contributed by atoms with Gasteiger partial charge in [-0.25, -0.2) is 9.97 Å². The normalized spacial score (nSPS) is 20.5. The molecule has 94 valence electrons. The number of nitrogens with two attached hydrogens (primary N) is 1. The van der Waals surface area contributed by atoms with Crippen LogP contribution in [0, 0.1) is 0 Å². The standard InChI is InChI=1S/C12H20N4S/c1-8(2)12-15-10(13)6-11(16-12)14-9-4-3-5-17-7-9/h6,8-9H,3-5,7H2,1-2H3,(H3,13,14,15,16). The summed E-state index contributed by atoms with van der Waals surface area (Å²) >= 11 is 2.00. The monoisotopic (exact) mass is 252 g/mol. The Hall–Kier alpha value is -0.970. The molecule has 0 aliphatic carbocycles. The number of nitrogens with one attached hydrogen (secondary N) is 1. The van der Waals surface area contributed by atoms with Crippen molar-refractivity contribution in [1.82, 2.24) is 9.97 Å². The topological polar surface area (TPSA) is 63.8 Å². The lowest BCUT2D eigenvalue weighted by atomic mass is 10.2. The van der Waals surface area contributed by atoms with Crippen molar-refractivity contribution in [1.29, 1.82) is 0 Å². The smallest absolute Gasteiger partial charge is 0.135 e. The number of hydrogen-bond acceptors (Lipinski definition) is 5. The molecule has 0 saturated carbocycles. The molecule has 1 aromatic heterocycles. The van der Waals surface area contributed by atoms with Gasteiger partial charge in [-0.1, -0.05) is 13.8 Å². The fourth-order valence-corrected chi connectivity index (χ4v) is 2.95. The van der Waals surface area contributed by atoms with Crippen molar-refractivity contribution in [2.45, 2.75) is 38.6 Å². The van der Waals surface area contributed by atoms with Crippen LogP contribution in [0.25, 0.3) is 0 Å². The first-order valence-electron chi connectivity index (χ1n) is 6.14. The molecule has 0 spiro atoms. The summed E-state index contributed by atoms with van der Waals surface area (Å²) in [4.78, 5) is 8.76. The van der Waals surface area contributed by atoms with Gasteiger partial charge in [0.15, 0.2) is 0 Å². The Morgan fingerprint density at radius 1 is 1.47 bits per heavy atom. The van der Waals surface area contributed by atoms with Crippen molar-refractivity contribution in [3.63, 3.8) is 0 Å². The Labute approximate surface area is 107 Å². The second kappa shape index (κ2) is 5.58. The molecule has 1 aliphatic heterocycles. The maximum atomic E-state index is 5.81. The second-order valence-electron chi connectivity index (χ2n) is 4.75. The summed E-state index contributed by atoms with van der Waals surface area (Å²) in [7, 11) is 0. The van der Waals surface area contributed by atoms with E-state index < -0.39 is 0 Å². The highest BCUT2D eigenvalue weighted by atomic mass is 32.2. The van der Waals surface area contributed by atoms with E-state index in [0.29, 0.717) is 17.8 Å². The number of nitrogen functional groups attached to an aromatic ring is 1. The summed E-state index contributed by atoms with van der Waals surface area (Å²) < 4.78 is 0. The van der Waals surface area contributed by atoms with Gasteiger partial charge in [-0.2, -0.15) is 11.8 Å². The molecule has 0 bridgehead atoms. The minimum absolute atomic E-state index is 0.305. The highest BCUT2D eigenvalue weighted by Crippen LogP contribution is 2.21. The molecule has 2 heterocycles. The molecule has 2 rings (SSSR count). The number of hydrogen-bond donors (Lipinski definition) is 2. The van der Waals surface area contributed by atoms with Crippen LogP contribution in [0.5, 0.6) is 0 Å². The number of thioether (sulfide) groups is 1. The molecule has 0 radical (unpaired) electrons. The van der Waals surface area contributed by atoms with E-state index in [2.05, 4.69) is 29.1 Å². The quantitative estimate of drug-likeness (QED) is 0.865. The van der Waals surface area contributed by atoms with Crippen molar-refractivity contribution in [3.8, 4) is 0 Å². The van der Waals surface area contributed by atoms with Gasteiger partial charge in [-0.3, -0.25) is 0 Å². The van der Waals surface area contributed by atoms with E-state index in [1.54, 1.807) is 0 Å². The average molecular weight is 252 g/mol. The van der Waals surface area contributed by atoms with Gasteiger partial charge in [0.2, 0.25) is 0 Å². The van der Waals surface area contributed by atoms with E-state index in [1.807, 2.05) is 17.8 Å².